The lowest BCUT2D eigenvalue weighted by Crippen LogP contribution is -2.67. The number of carbonyl (C=O) groups is 1. The highest BCUT2D eigenvalue weighted by molar-refractivity contribution is 6.99. The minimum absolute atomic E-state index is 0.0204. The van der Waals surface area contributed by atoms with E-state index < -0.39 is 26.1 Å². The summed E-state index contributed by atoms with van der Waals surface area (Å²) in [6.07, 6.45) is 8.83. The average molecular weight is 737 g/mol. The van der Waals surface area contributed by atoms with Gasteiger partial charge in [0.15, 0.2) is 5.79 Å². The van der Waals surface area contributed by atoms with Gasteiger partial charge in [-0.15, -0.1) is 13.2 Å². The second-order valence-electron chi connectivity index (χ2n) is 16.3. The molecule has 1 saturated heterocycles. The Morgan fingerprint density at radius 3 is 1.98 bits per heavy atom. The van der Waals surface area contributed by atoms with E-state index in [1.807, 2.05) is 45.1 Å². The van der Waals surface area contributed by atoms with Crippen LogP contribution >= 0.6 is 0 Å². The maximum atomic E-state index is 14.1. The maximum Gasteiger partial charge on any atom is 0.311 e. The summed E-state index contributed by atoms with van der Waals surface area (Å²) in [7, 11) is -1.24. The highest BCUT2D eigenvalue weighted by Gasteiger charge is 2.50. The van der Waals surface area contributed by atoms with E-state index in [9.17, 15) is 4.79 Å². The summed E-state index contributed by atoms with van der Waals surface area (Å²) in [6.45, 7) is 25.2. The van der Waals surface area contributed by atoms with Crippen LogP contribution in [-0.2, 0) is 32.9 Å². The van der Waals surface area contributed by atoms with Gasteiger partial charge in [0.05, 0.1) is 30.8 Å². The molecule has 0 saturated carbocycles. The van der Waals surface area contributed by atoms with E-state index >= 15 is 0 Å². The molecular weight excluding hydrogens is 669 g/mol. The summed E-state index contributed by atoms with van der Waals surface area (Å²) in [6, 6.07) is 21.1. The minimum atomic E-state index is -2.84. The van der Waals surface area contributed by atoms with Crippen molar-refractivity contribution >= 4 is 24.7 Å². The molecule has 2 aromatic carbocycles. The first-order valence-electron chi connectivity index (χ1n) is 19.3. The Labute approximate surface area is 316 Å². The molecule has 1 fully saturated rings. The zero-order chi connectivity index (χ0) is 38.4. The molecule has 7 atom stereocenters. The molecular formula is C44H68O7Si. The van der Waals surface area contributed by atoms with Gasteiger partial charge in [-0.2, -0.15) is 0 Å². The molecule has 1 aliphatic heterocycles. The number of hydrogen-bond acceptors (Lipinski definition) is 7. The van der Waals surface area contributed by atoms with Crippen molar-refractivity contribution in [3.8, 4) is 0 Å². The quantitative estimate of drug-likeness (QED) is 0.0488. The number of allylic oxidation sites excluding steroid dienone is 2. The molecule has 0 spiro atoms. The molecule has 0 aromatic heterocycles. The van der Waals surface area contributed by atoms with Crippen molar-refractivity contribution in [3.63, 3.8) is 0 Å². The van der Waals surface area contributed by atoms with Gasteiger partial charge in [-0.05, 0) is 93.0 Å². The van der Waals surface area contributed by atoms with E-state index in [1.54, 1.807) is 7.11 Å². The van der Waals surface area contributed by atoms with Crippen LogP contribution in [-0.4, -0.2) is 65.0 Å². The van der Waals surface area contributed by atoms with Crippen LogP contribution in [0.15, 0.2) is 86.0 Å². The number of methoxy groups -OCH3 is 1. The molecule has 1 heterocycles. The molecule has 0 bridgehead atoms. The first-order valence-corrected chi connectivity index (χ1v) is 21.2. The summed E-state index contributed by atoms with van der Waals surface area (Å²) in [4.78, 5) is 14.1. The molecule has 52 heavy (non-hydrogen) atoms. The van der Waals surface area contributed by atoms with Crippen LogP contribution in [0.1, 0.15) is 100 Å². The summed E-state index contributed by atoms with van der Waals surface area (Å²) in [5.41, 5.74) is 0. The largest absolute Gasteiger partial charge is 0.460 e. The molecule has 0 aliphatic carbocycles. The van der Waals surface area contributed by atoms with Crippen LogP contribution in [0.25, 0.3) is 0 Å². The fourth-order valence-electron chi connectivity index (χ4n) is 7.60. The number of rotatable bonds is 23. The topological polar surface area (TPSA) is 72.5 Å². The van der Waals surface area contributed by atoms with Crippen molar-refractivity contribution in [2.75, 3.05) is 20.5 Å². The van der Waals surface area contributed by atoms with Gasteiger partial charge >= 0.3 is 5.97 Å². The molecule has 7 nitrogen and oxygen atoms in total. The number of esters is 1. The van der Waals surface area contributed by atoms with Crippen LogP contribution in [0.4, 0.5) is 0 Å². The van der Waals surface area contributed by atoms with Crippen LogP contribution in [0, 0.1) is 17.8 Å². The van der Waals surface area contributed by atoms with Crippen LogP contribution in [0.5, 0.6) is 0 Å². The first kappa shape index (κ1) is 43.8. The van der Waals surface area contributed by atoms with E-state index in [-0.39, 0.29) is 47.9 Å². The fraction of sp³-hybridized carbons (Fsp3) is 0.614. The highest BCUT2D eigenvalue weighted by Crippen LogP contribution is 2.38. The van der Waals surface area contributed by atoms with Crippen molar-refractivity contribution < 1.29 is 32.9 Å². The Morgan fingerprint density at radius 2 is 1.46 bits per heavy atom. The van der Waals surface area contributed by atoms with E-state index in [2.05, 4.69) is 96.3 Å². The average Bonchev–Trinajstić information content (AvgIpc) is 3.41. The van der Waals surface area contributed by atoms with Gasteiger partial charge < -0.3 is 28.1 Å². The fourth-order valence-corrected chi connectivity index (χ4v) is 12.2. The van der Waals surface area contributed by atoms with E-state index in [0.717, 1.165) is 32.1 Å². The van der Waals surface area contributed by atoms with Gasteiger partial charge in [0.2, 0.25) is 0 Å². The third-order valence-corrected chi connectivity index (χ3v) is 15.3. The van der Waals surface area contributed by atoms with Gasteiger partial charge in [-0.1, -0.05) is 107 Å². The van der Waals surface area contributed by atoms with Crippen molar-refractivity contribution in [2.24, 2.45) is 17.8 Å². The van der Waals surface area contributed by atoms with Crippen molar-refractivity contribution in [3.05, 3.63) is 86.0 Å². The smallest absolute Gasteiger partial charge is 0.311 e. The lowest BCUT2D eigenvalue weighted by molar-refractivity contribution is -0.166. The van der Waals surface area contributed by atoms with E-state index in [4.69, 9.17) is 28.1 Å². The Kier molecular flexibility index (Phi) is 17.5. The number of hydrogen-bond donors (Lipinski definition) is 0. The maximum absolute atomic E-state index is 14.1. The van der Waals surface area contributed by atoms with E-state index in [1.165, 1.54) is 10.4 Å². The summed E-state index contributed by atoms with van der Waals surface area (Å²) >= 11 is 0. The summed E-state index contributed by atoms with van der Waals surface area (Å²) < 4.78 is 37.7. The predicted octanol–water partition coefficient (Wildman–Crippen LogP) is 9.00. The van der Waals surface area contributed by atoms with Gasteiger partial charge in [0, 0.05) is 7.11 Å². The van der Waals surface area contributed by atoms with Gasteiger partial charge in [0.25, 0.3) is 8.32 Å². The molecule has 8 heteroatoms. The van der Waals surface area contributed by atoms with Gasteiger partial charge in [-0.3, -0.25) is 4.79 Å². The molecule has 0 amide bonds. The Hall–Kier alpha value is -2.59. The SMILES string of the molecule is C=CCC[C@@H]1OC(C)(C)O[C@H]1CC[C@H](C)C[C@@H](OCOC)[C@@H](C)C(=O)O[C@H](CO[Si](c1ccccc1)(c1ccccc1)C(C)(C)C)C[C@H](C)CC=C. The molecule has 0 unspecified atom stereocenters. The predicted molar refractivity (Wildman–Crippen MR) is 214 cm³/mol. The standard InChI is InChI=1S/C44H68O7Si/c1-12-14-26-39-40(51-44(9,10)50-39)28-27-34(4)30-41(47-32-46-11)35(5)42(45)49-36(29-33(3)21-13-2)31-48-52(43(6,7)8,37-22-17-15-18-23-37)38-24-19-16-20-25-38/h12-13,15-20,22-25,33-36,39-41H,1-2,14,21,26-32H2,3-11H3/t33-,34+,35-,36+,39+,40+,41-/m1/s1. The summed E-state index contributed by atoms with van der Waals surface area (Å²) in [5, 5.41) is 2.19. The molecule has 3 rings (SSSR count). The highest BCUT2D eigenvalue weighted by atomic mass is 28.4. The molecule has 0 radical (unpaired) electrons. The number of ether oxygens (including phenoxy) is 5. The van der Waals surface area contributed by atoms with Crippen molar-refractivity contribution in [2.45, 2.75) is 136 Å². The number of benzene rings is 2. The van der Waals surface area contributed by atoms with Gasteiger partial charge in [-0.25, -0.2) is 0 Å². The third kappa shape index (κ3) is 12.5. The Balaban J connectivity index is 1.79. The molecule has 1 aliphatic rings. The number of carbonyl (C=O) groups excluding carboxylic acids is 1. The van der Waals surface area contributed by atoms with Gasteiger partial charge in [0.1, 0.15) is 12.9 Å². The minimum Gasteiger partial charge on any atom is -0.460 e. The van der Waals surface area contributed by atoms with E-state index in [0.29, 0.717) is 19.4 Å². The monoisotopic (exact) mass is 736 g/mol. The lowest BCUT2D eigenvalue weighted by Gasteiger charge is -2.43. The second-order valence-corrected chi connectivity index (χ2v) is 20.6. The summed E-state index contributed by atoms with van der Waals surface area (Å²) in [5.74, 6) is -0.854. The Morgan fingerprint density at radius 1 is 0.885 bits per heavy atom. The second kappa shape index (κ2) is 20.8. The Bertz CT molecular complexity index is 1300. The van der Waals surface area contributed by atoms with Crippen molar-refractivity contribution in [1.82, 2.24) is 0 Å². The molecule has 290 valence electrons. The zero-order valence-corrected chi connectivity index (χ0v) is 34.6. The van der Waals surface area contributed by atoms with Crippen molar-refractivity contribution in [1.29, 1.82) is 0 Å². The van der Waals surface area contributed by atoms with Crippen LogP contribution in [0.3, 0.4) is 0 Å². The van der Waals surface area contributed by atoms with Crippen LogP contribution < -0.4 is 10.4 Å². The van der Waals surface area contributed by atoms with Crippen LogP contribution in [0.2, 0.25) is 5.04 Å². The lowest BCUT2D eigenvalue weighted by atomic mass is 9.90. The third-order valence-electron chi connectivity index (χ3n) is 10.3. The zero-order valence-electron chi connectivity index (χ0n) is 33.6. The molecule has 2 aromatic rings. The normalized spacial score (nSPS) is 20.4. The molecule has 0 N–H and O–H groups in total. The first-order chi connectivity index (χ1) is 24.7.